The van der Waals surface area contributed by atoms with Gasteiger partial charge in [-0.05, 0) is 304 Å². The Hall–Kier alpha value is -9.07. The molecular formula is C93H120F3N5O10. The monoisotopic (exact) mass is 1520 g/mol. The molecule has 4 aliphatic rings. The number of carbonyl (C=O) groups is 2. The van der Waals surface area contributed by atoms with Crippen molar-refractivity contribution in [3.63, 3.8) is 0 Å². The second-order valence-corrected chi connectivity index (χ2v) is 36.1. The average Bonchev–Trinajstić information content (AvgIpc) is 1.65. The number of benzene rings is 8. The summed E-state index contributed by atoms with van der Waals surface area (Å²) in [6.07, 6.45) is 7.10. The molecule has 8 aromatic carbocycles. The molecule has 0 aromatic heterocycles. The quantitative estimate of drug-likeness (QED) is 0.0459. The van der Waals surface area contributed by atoms with Gasteiger partial charge in [-0.2, -0.15) is 0 Å². The number of nitrogens with zero attached hydrogens (tertiary/aromatic N) is 5. The normalized spacial score (nSPS) is 14.7. The van der Waals surface area contributed by atoms with Crippen molar-refractivity contribution in [3.8, 4) is 40.2 Å². The largest absolute Gasteiger partial charge is 0.508 e. The molecule has 0 spiro atoms. The van der Waals surface area contributed by atoms with Crippen molar-refractivity contribution in [2.75, 3.05) is 14.1 Å². The number of carboxylic acids is 1. The summed E-state index contributed by atoms with van der Waals surface area (Å²) < 4.78 is 59.8. The number of fused-ring (bicyclic) bond motifs is 4. The van der Waals surface area contributed by atoms with Crippen LogP contribution in [0, 0.1) is 24.4 Å². The van der Waals surface area contributed by atoms with E-state index in [1.165, 1.54) is 28.8 Å². The number of ether oxygens (including phenoxy) is 3. The van der Waals surface area contributed by atoms with Gasteiger partial charge >= 0.3 is 5.97 Å². The zero-order chi connectivity index (χ0) is 81.7. The molecule has 12 rings (SSSR count). The number of hydrogen-bond acceptors (Lipinski definition) is 13. The number of amides is 1. The fourth-order valence-corrected chi connectivity index (χ4v) is 14.7. The highest BCUT2D eigenvalue weighted by Crippen LogP contribution is 2.41. The van der Waals surface area contributed by atoms with Crippen molar-refractivity contribution in [3.05, 3.63) is 240 Å². The number of phenols is 4. The Bertz CT molecular complexity index is 4590. The van der Waals surface area contributed by atoms with Crippen LogP contribution in [0.5, 0.6) is 40.2 Å². The molecule has 0 aliphatic carbocycles. The van der Waals surface area contributed by atoms with Gasteiger partial charge in [0.1, 0.15) is 40.0 Å². The van der Waals surface area contributed by atoms with Crippen LogP contribution in [0.15, 0.2) is 140 Å². The van der Waals surface area contributed by atoms with E-state index in [1.807, 2.05) is 142 Å². The SMILES string of the molecule is CC(C)(C)Oc1cc(CCC(C)(C)N2Cc3c(F)ccc(F)c3C2)ccc1O.CC(C)(C)Oc1cc(CCC(C)(C)N2Cc3cccc(C(=O)O)c3C2)ccc1O.CC(C)(C)Oc1cc(CCC(C)(C)N2Cc3cccc(F)c3C2)ccc1O.Cc1cc(CCC(C)(C)N2Cc3cccc(C(=O)N(C)C)c3C2)ccc1O. The lowest BCUT2D eigenvalue weighted by Crippen LogP contribution is -2.40. The average molecular weight is 1530 g/mol. The van der Waals surface area contributed by atoms with Gasteiger partial charge < -0.3 is 44.6 Å². The number of phenolic OH excluding ortho intramolecular Hbond substituents is 4. The van der Waals surface area contributed by atoms with Gasteiger partial charge in [-0.15, -0.1) is 0 Å². The topological polar surface area (TPSA) is 179 Å². The molecule has 0 unspecified atom stereocenters. The second kappa shape index (κ2) is 34.5. The molecule has 1 amide bonds. The molecule has 4 aliphatic heterocycles. The summed E-state index contributed by atoms with van der Waals surface area (Å²) in [5.41, 5.74) is 12.5. The summed E-state index contributed by atoms with van der Waals surface area (Å²) in [5, 5.41) is 49.4. The summed E-state index contributed by atoms with van der Waals surface area (Å²) in [6, 6.07) is 41.7. The number of aromatic carboxylic acids is 1. The molecule has 0 radical (unpaired) electrons. The van der Waals surface area contributed by atoms with Gasteiger partial charge in [-0.3, -0.25) is 24.4 Å². The third kappa shape index (κ3) is 22.6. The molecule has 598 valence electrons. The van der Waals surface area contributed by atoms with E-state index < -0.39 is 11.6 Å². The molecule has 111 heavy (non-hydrogen) atoms. The van der Waals surface area contributed by atoms with Crippen LogP contribution in [-0.2, 0) is 78.0 Å². The number of carbonyl (C=O) groups excluding carboxylic acids is 1. The van der Waals surface area contributed by atoms with Crippen LogP contribution in [0.3, 0.4) is 0 Å². The van der Waals surface area contributed by atoms with Crippen LogP contribution < -0.4 is 14.2 Å². The first kappa shape index (κ1) is 85.9. The maximum absolute atomic E-state index is 14.1. The van der Waals surface area contributed by atoms with Crippen molar-refractivity contribution < 1.29 is 62.5 Å². The fourth-order valence-electron chi connectivity index (χ4n) is 14.7. The predicted octanol–water partition coefficient (Wildman–Crippen LogP) is 20.1. The van der Waals surface area contributed by atoms with Crippen molar-refractivity contribution >= 4 is 11.9 Å². The molecule has 0 saturated carbocycles. The minimum Gasteiger partial charge on any atom is -0.508 e. The lowest BCUT2D eigenvalue weighted by molar-refractivity contribution is 0.0691. The lowest BCUT2D eigenvalue weighted by atomic mass is 9.93. The minimum atomic E-state index is -0.864. The van der Waals surface area contributed by atoms with Gasteiger partial charge in [-0.1, -0.05) is 66.7 Å². The van der Waals surface area contributed by atoms with E-state index in [2.05, 4.69) is 87.1 Å². The smallest absolute Gasteiger partial charge is 0.336 e. The Labute approximate surface area is 657 Å². The number of rotatable bonds is 21. The Kier molecular flexibility index (Phi) is 26.7. The van der Waals surface area contributed by atoms with E-state index in [9.17, 15) is 48.3 Å². The third-order valence-electron chi connectivity index (χ3n) is 21.9. The van der Waals surface area contributed by atoms with Crippen LogP contribution in [0.4, 0.5) is 13.2 Å². The predicted molar refractivity (Wildman–Crippen MR) is 436 cm³/mol. The van der Waals surface area contributed by atoms with E-state index in [1.54, 1.807) is 61.5 Å². The molecule has 0 bridgehead atoms. The maximum Gasteiger partial charge on any atom is 0.336 e. The zero-order valence-electron chi connectivity index (χ0n) is 69.2. The van der Waals surface area contributed by atoms with E-state index in [-0.39, 0.29) is 74.0 Å². The van der Waals surface area contributed by atoms with Gasteiger partial charge in [0.25, 0.3) is 5.91 Å². The van der Waals surface area contributed by atoms with Gasteiger partial charge in [0, 0.05) is 111 Å². The fraction of sp³-hybridized carbons (Fsp3) is 0.462. The first-order valence-electron chi connectivity index (χ1n) is 38.9. The number of aryl methyl sites for hydroxylation is 5. The first-order chi connectivity index (χ1) is 51.7. The molecular weight excluding hydrogens is 1400 g/mol. The lowest BCUT2D eigenvalue weighted by Gasteiger charge is -2.35. The van der Waals surface area contributed by atoms with Crippen molar-refractivity contribution in [1.29, 1.82) is 0 Å². The zero-order valence-corrected chi connectivity index (χ0v) is 69.2. The van der Waals surface area contributed by atoms with E-state index in [4.69, 9.17) is 14.2 Å². The third-order valence-corrected chi connectivity index (χ3v) is 21.9. The summed E-state index contributed by atoms with van der Waals surface area (Å²) in [4.78, 5) is 35.0. The molecule has 4 heterocycles. The number of hydrogen-bond donors (Lipinski definition) is 5. The minimum absolute atomic E-state index is 0.0171. The molecule has 5 N–H and O–H groups in total. The van der Waals surface area contributed by atoms with Crippen LogP contribution in [0.2, 0.25) is 0 Å². The van der Waals surface area contributed by atoms with Crippen molar-refractivity contribution in [1.82, 2.24) is 24.5 Å². The Morgan fingerprint density at radius 3 is 0.991 bits per heavy atom. The summed E-state index contributed by atoms with van der Waals surface area (Å²) >= 11 is 0. The highest BCUT2D eigenvalue weighted by molar-refractivity contribution is 5.96. The van der Waals surface area contributed by atoms with Gasteiger partial charge in [0.15, 0.2) is 34.5 Å². The van der Waals surface area contributed by atoms with Gasteiger partial charge in [0.05, 0.1) is 5.56 Å². The maximum atomic E-state index is 14.1. The standard InChI is InChI=1S/C24H31NO4.C23H29F2NO2.C23H30FNO2.C23H30N2O2/c1-23(2,3)29-21-13-16(9-10-20(21)26)11-12-24(4,5)25-14-17-7-6-8-18(22(27)28)19(17)15-25;1-22(2,3)28-21-12-15(6-9-20(21)27)10-11-23(4,5)26-13-16-17(14-26)19(25)8-7-18(16)24;1-22(2,3)27-21-13-16(9-10-20(21)26)11-12-23(4,5)25-14-17-7-6-8-19(24)18(17)15-25;1-16-13-17(9-10-21(16)26)11-12-23(2,3)25-14-18-7-6-8-19(20(18)15-25)22(27)24(4)5/h6-10,13,26H,11-12,14-15H2,1-5H3,(H,27,28);6-9,12,27H,10-11,13-14H2,1-5H3;2*6-10,13,26H,11-12,14-15H2,1-5H3. The summed E-state index contributed by atoms with van der Waals surface area (Å²) in [7, 11) is 3.61. The summed E-state index contributed by atoms with van der Waals surface area (Å²) in [6.45, 7) is 42.5. The van der Waals surface area contributed by atoms with E-state index in [0.717, 1.165) is 128 Å². The van der Waals surface area contributed by atoms with Crippen LogP contribution in [0.25, 0.3) is 0 Å². The first-order valence-corrected chi connectivity index (χ1v) is 38.9. The molecule has 15 nitrogen and oxygen atoms in total. The Morgan fingerprint density at radius 2 is 0.658 bits per heavy atom. The molecule has 8 aromatic rings. The Balaban J connectivity index is 0.000000170. The van der Waals surface area contributed by atoms with Gasteiger partial charge in [-0.25, -0.2) is 18.0 Å². The number of carboxylic acid groups (broad SMARTS) is 1. The van der Waals surface area contributed by atoms with Crippen LogP contribution >= 0.6 is 0 Å². The van der Waals surface area contributed by atoms with Crippen molar-refractivity contribution in [2.24, 2.45) is 0 Å². The highest BCUT2D eigenvalue weighted by atomic mass is 19.1. The molecule has 0 fully saturated rings. The summed E-state index contributed by atoms with van der Waals surface area (Å²) in [5.74, 6) is 0.731. The number of halogens is 3. The highest BCUT2D eigenvalue weighted by Gasteiger charge is 2.39. The van der Waals surface area contributed by atoms with Crippen LogP contribution in [0.1, 0.15) is 236 Å². The van der Waals surface area contributed by atoms with Crippen molar-refractivity contribution in [2.45, 2.75) is 267 Å². The molecule has 0 saturated heterocycles. The number of aromatic hydroxyl groups is 4. The van der Waals surface area contributed by atoms with Crippen LogP contribution in [-0.4, -0.2) is 115 Å². The Morgan fingerprint density at radius 1 is 0.369 bits per heavy atom. The molecule has 18 heteroatoms. The van der Waals surface area contributed by atoms with Gasteiger partial charge in [0.2, 0.25) is 0 Å². The molecule has 0 atom stereocenters. The second-order valence-electron chi connectivity index (χ2n) is 36.1. The van der Waals surface area contributed by atoms with E-state index in [0.29, 0.717) is 65.9 Å². The van der Waals surface area contributed by atoms with E-state index >= 15 is 0 Å².